The molecule has 0 bridgehead atoms. The van der Waals surface area contributed by atoms with Crippen molar-refractivity contribution in [3.05, 3.63) is 0 Å². The monoisotopic (exact) mass is 254 g/mol. The minimum Gasteiger partial charge on any atom is -0.371 e. The number of thiocarbonyl (C=S) groups is 1. The molecule has 2 aliphatic carbocycles. The average Bonchev–Trinajstić information content (AvgIpc) is 2.28. The van der Waals surface area contributed by atoms with E-state index in [4.69, 9.17) is 12.2 Å². The van der Waals surface area contributed by atoms with E-state index in [-0.39, 0.29) is 5.54 Å². The Labute approximate surface area is 108 Å². The summed E-state index contributed by atoms with van der Waals surface area (Å²) in [4.78, 5) is 0. The Morgan fingerprint density at radius 2 is 1.71 bits per heavy atom. The van der Waals surface area contributed by atoms with Crippen LogP contribution in [0.25, 0.3) is 0 Å². The number of nitrogens with one attached hydrogen (secondary N) is 2. The molecular weight excluding hydrogens is 232 g/mol. The molecule has 0 aromatic rings. The molecule has 1 heterocycles. The molecule has 17 heavy (non-hydrogen) atoms. The van der Waals surface area contributed by atoms with Crippen LogP contribution < -0.4 is 10.6 Å². The molecule has 3 fully saturated rings. The zero-order chi connectivity index (χ0) is 11.9. The van der Waals surface area contributed by atoms with Crippen molar-refractivity contribution in [3.63, 3.8) is 0 Å². The fourth-order valence-electron chi connectivity index (χ4n) is 4.24. The molecule has 0 aromatic heterocycles. The summed E-state index contributed by atoms with van der Waals surface area (Å²) >= 11 is 5.32. The van der Waals surface area contributed by atoms with Crippen molar-refractivity contribution in [2.24, 2.45) is 5.92 Å². The first-order valence-corrected chi connectivity index (χ1v) is 7.38. The summed E-state index contributed by atoms with van der Waals surface area (Å²) in [6.45, 7) is 0. The minimum atomic E-state index is -0.738. The van der Waals surface area contributed by atoms with Gasteiger partial charge >= 0.3 is 0 Å². The predicted molar refractivity (Wildman–Crippen MR) is 71.6 cm³/mol. The van der Waals surface area contributed by atoms with Crippen molar-refractivity contribution >= 4 is 17.3 Å². The number of aliphatic hydroxyl groups is 1. The smallest absolute Gasteiger partial charge is 0.168 e. The standard InChI is InChI=1S/C13H22N2OS/c16-13-9-5-2-6-10(13)12(14-11(17)15-13)7-3-1-4-8-12/h10,16H,1-9H2,(H2,14,15,17)/t10-,13+/m1/s1. The Bertz CT molecular complexity index is 327. The van der Waals surface area contributed by atoms with E-state index >= 15 is 0 Å². The molecule has 1 saturated heterocycles. The van der Waals surface area contributed by atoms with Crippen LogP contribution in [0.3, 0.4) is 0 Å². The van der Waals surface area contributed by atoms with Crippen molar-refractivity contribution in [1.29, 1.82) is 0 Å². The van der Waals surface area contributed by atoms with Gasteiger partial charge in [-0.15, -0.1) is 0 Å². The van der Waals surface area contributed by atoms with Gasteiger partial charge in [-0.3, -0.25) is 0 Å². The second kappa shape index (κ2) is 4.09. The van der Waals surface area contributed by atoms with E-state index in [1.165, 1.54) is 38.5 Å². The predicted octanol–water partition coefficient (Wildman–Crippen LogP) is 2.05. The molecule has 3 rings (SSSR count). The molecule has 3 aliphatic rings. The largest absolute Gasteiger partial charge is 0.371 e. The van der Waals surface area contributed by atoms with Crippen molar-refractivity contribution in [2.45, 2.75) is 69.1 Å². The third kappa shape index (κ3) is 1.85. The molecule has 4 heteroatoms. The molecule has 0 aromatic carbocycles. The van der Waals surface area contributed by atoms with Crippen LogP contribution in [0, 0.1) is 5.92 Å². The maximum Gasteiger partial charge on any atom is 0.168 e. The molecule has 2 atom stereocenters. The normalized spacial score (nSPS) is 40.3. The summed E-state index contributed by atoms with van der Waals surface area (Å²) < 4.78 is 0. The highest BCUT2D eigenvalue weighted by atomic mass is 32.1. The zero-order valence-electron chi connectivity index (χ0n) is 10.3. The first-order valence-electron chi connectivity index (χ1n) is 6.97. The third-order valence-electron chi connectivity index (χ3n) is 4.98. The van der Waals surface area contributed by atoms with Crippen LogP contribution in [0.2, 0.25) is 0 Å². The van der Waals surface area contributed by atoms with E-state index in [2.05, 4.69) is 10.6 Å². The van der Waals surface area contributed by atoms with E-state index in [1.807, 2.05) is 0 Å². The lowest BCUT2D eigenvalue weighted by Gasteiger charge is -2.57. The Kier molecular flexibility index (Phi) is 2.82. The van der Waals surface area contributed by atoms with Crippen LogP contribution in [0.4, 0.5) is 0 Å². The molecule has 0 amide bonds. The van der Waals surface area contributed by atoms with Crippen LogP contribution in [0.5, 0.6) is 0 Å². The summed E-state index contributed by atoms with van der Waals surface area (Å²) in [7, 11) is 0. The molecule has 3 N–H and O–H groups in total. The average molecular weight is 254 g/mol. The van der Waals surface area contributed by atoms with Crippen molar-refractivity contribution in [1.82, 2.24) is 10.6 Å². The van der Waals surface area contributed by atoms with Gasteiger partial charge in [0.15, 0.2) is 5.11 Å². The van der Waals surface area contributed by atoms with Gasteiger partial charge < -0.3 is 15.7 Å². The summed E-state index contributed by atoms with van der Waals surface area (Å²) in [5.41, 5.74) is -0.659. The summed E-state index contributed by atoms with van der Waals surface area (Å²) in [6, 6.07) is 0. The molecule has 1 aliphatic heterocycles. The van der Waals surface area contributed by atoms with Crippen LogP contribution >= 0.6 is 12.2 Å². The molecule has 0 unspecified atom stereocenters. The molecule has 96 valence electrons. The fourth-order valence-corrected chi connectivity index (χ4v) is 4.62. The van der Waals surface area contributed by atoms with Crippen molar-refractivity contribution < 1.29 is 5.11 Å². The van der Waals surface area contributed by atoms with Crippen LogP contribution in [0.1, 0.15) is 57.8 Å². The van der Waals surface area contributed by atoms with Gasteiger partial charge in [-0.1, -0.05) is 25.7 Å². The van der Waals surface area contributed by atoms with Gasteiger partial charge in [-0.25, -0.2) is 0 Å². The highest BCUT2D eigenvalue weighted by Gasteiger charge is 2.55. The Morgan fingerprint density at radius 3 is 2.47 bits per heavy atom. The van der Waals surface area contributed by atoms with Gasteiger partial charge in [0.2, 0.25) is 0 Å². The highest BCUT2D eigenvalue weighted by molar-refractivity contribution is 7.80. The lowest BCUT2D eigenvalue weighted by atomic mass is 9.63. The van der Waals surface area contributed by atoms with Crippen LogP contribution in [-0.4, -0.2) is 21.5 Å². The Hall–Kier alpha value is -0.350. The lowest BCUT2D eigenvalue weighted by molar-refractivity contribution is -0.113. The lowest BCUT2D eigenvalue weighted by Crippen LogP contribution is -2.74. The van der Waals surface area contributed by atoms with Gasteiger partial charge in [0, 0.05) is 11.5 Å². The number of fused-ring (bicyclic) bond motifs is 2. The van der Waals surface area contributed by atoms with E-state index in [9.17, 15) is 5.11 Å². The SMILES string of the molecule is O[C@@]12CCCC[C@@H]1C1(CCCCC1)NC(=S)N2. The zero-order valence-corrected chi connectivity index (χ0v) is 11.1. The van der Waals surface area contributed by atoms with E-state index in [0.717, 1.165) is 19.3 Å². The van der Waals surface area contributed by atoms with E-state index in [0.29, 0.717) is 11.0 Å². The minimum absolute atomic E-state index is 0.0791. The summed E-state index contributed by atoms with van der Waals surface area (Å²) in [5, 5.41) is 18.2. The van der Waals surface area contributed by atoms with E-state index in [1.54, 1.807) is 0 Å². The number of rotatable bonds is 0. The van der Waals surface area contributed by atoms with Crippen LogP contribution in [-0.2, 0) is 0 Å². The first kappa shape index (κ1) is 11.7. The van der Waals surface area contributed by atoms with Gasteiger partial charge in [-0.05, 0) is 44.3 Å². The molecular formula is C13H22N2OS. The summed E-state index contributed by atoms with van der Waals surface area (Å²) in [6.07, 6.45) is 10.5. The molecule has 3 nitrogen and oxygen atoms in total. The van der Waals surface area contributed by atoms with Gasteiger partial charge in [0.25, 0.3) is 0 Å². The van der Waals surface area contributed by atoms with Crippen molar-refractivity contribution in [3.8, 4) is 0 Å². The first-order chi connectivity index (χ1) is 8.15. The second-order valence-electron chi connectivity index (χ2n) is 6.02. The quantitative estimate of drug-likeness (QED) is 0.579. The maximum atomic E-state index is 10.8. The topological polar surface area (TPSA) is 44.3 Å². The fraction of sp³-hybridized carbons (Fsp3) is 0.923. The van der Waals surface area contributed by atoms with E-state index < -0.39 is 5.72 Å². The van der Waals surface area contributed by atoms with Crippen molar-refractivity contribution in [2.75, 3.05) is 0 Å². The second-order valence-corrected chi connectivity index (χ2v) is 6.43. The Balaban J connectivity index is 1.93. The van der Waals surface area contributed by atoms with Gasteiger partial charge in [0.1, 0.15) is 5.72 Å². The summed E-state index contributed by atoms with van der Waals surface area (Å²) in [5.74, 6) is 0.329. The molecule has 2 saturated carbocycles. The van der Waals surface area contributed by atoms with Gasteiger partial charge in [-0.2, -0.15) is 0 Å². The molecule has 1 spiro atoms. The Morgan fingerprint density at radius 1 is 1.00 bits per heavy atom. The number of hydrogen-bond donors (Lipinski definition) is 3. The maximum absolute atomic E-state index is 10.8. The third-order valence-corrected chi connectivity index (χ3v) is 5.19. The molecule has 0 radical (unpaired) electrons. The number of hydrogen-bond acceptors (Lipinski definition) is 2. The highest BCUT2D eigenvalue weighted by Crippen LogP contribution is 2.47. The van der Waals surface area contributed by atoms with Gasteiger partial charge in [0.05, 0.1) is 0 Å². The van der Waals surface area contributed by atoms with Crippen LogP contribution in [0.15, 0.2) is 0 Å².